The standard InChI is InChI=1S/C24H19N7O2/c1-14-21-19(13-20(26-24(21)33-28-14)15-6-3-2-4-7-15)23(32)25-17-9-5-8-16(12-17)22-27-29-30-31(22)18-10-11-18/h2-9,12-13,18H,10-11H2,1H3,(H,25,32). The van der Waals surface area contributed by atoms with Crippen LogP contribution < -0.4 is 5.32 Å². The van der Waals surface area contributed by atoms with Crippen molar-refractivity contribution < 1.29 is 9.32 Å². The first-order valence-corrected chi connectivity index (χ1v) is 10.7. The smallest absolute Gasteiger partial charge is 0.259 e. The van der Waals surface area contributed by atoms with Crippen LogP contribution in [0.15, 0.2) is 65.2 Å². The van der Waals surface area contributed by atoms with E-state index in [1.54, 1.807) is 13.0 Å². The molecule has 6 rings (SSSR count). The van der Waals surface area contributed by atoms with E-state index in [0.29, 0.717) is 45.6 Å². The lowest BCUT2D eigenvalue weighted by Gasteiger charge is -2.10. The summed E-state index contributed by atoms with van der Waals surface area (Å²) in [5, 5.41) is 19.7. The highest BCUT2D eigenvalue weighted by Gasteiger charge is 2.28. The minimum absolute atomic E-state index is 0.273. The third-order valence-corrected chi connectivity index (χ3v) is 5.70. The van der Waals surface area contributed by atoms with Gasteiger partial charge in [0.2, 0.25) is 0 Å². The fourth-order valence-corrected chi connectivity index (χ4v) is 3.91. The Labute approximate surface area is 188 Å². The van der Waals surface area contributed by atoms with Crippen molar-refractivity contribution in [3.05, 3.63) is 71.9 Å². The molecule has 5 aromatic rings. The summed E-state index contributed by atoms with van der Waals surface area (Å²) < 4.78 is 7.24. The maximum Gasteiger partial charge on any atom is 0.259 e. The predicted molar refractivity (Wildman–Crippen MR) is 121 cm³/mol. The van der Waals surface area contributed by atoms with Gasteiger partial charge in [0.05, 0.1) is 28.4 Å². The summed E-state index contributed by atoms with van der Waals surface area (Å²) >= 11 is 0. The van der Waals surface area contributed by atoms with Crippen LogP contribution in [0.25, 0.3) is 33.7 Å². The zero-order chi connectivity index (χ0) is 22.4. The number of amides is 1. The molecule has 0 atom stereocenters. The molecule has 162 valence electrons. The molecular weight excluding hydrogens is 418 g/mol. The van der Waals surface area contributed by atoms with Gasteiger partial charge in [-0.15, -0.1) is 5.10 Å². The van der Waals surface area contributed by atoms with Gasteiger partial charge in [-0.05, 0) is 48.4 Å². The van der Waals surface area contributed by atoms with E-state index in [1.807, 2.05) is 59.3 Å². The van der Waals surface area contributed by atoms with Gasteiger partial charge < -0.3 is 9.84 Å². The molecule has 1 amide bonds. The maximum atomic E-state index is 13.4. The molecule has 9 nitrogen and oxygen atoms in total. The van der Waals surface area contributed by atoms with Gasteiger partial charge >= 0.3 is 0 Å². The van der Waals surface area contributed by atoms with Gasteiger partial charge in [0.15, 0.2) is 5.82 Å². The molecule has 0 unspecified atom stereocenters. The lowest BCUT2D eigenvalue weighted by Crippen LogP contribution is -2.13. The van der Waals surface area contributed by atoms with Gasteiger partial charge in [-0.25, -0.2) is 9.67 Å². The van der Waals surface area contributed by atoms with E-state index in [-0.39, 0.29) is 5.91 Å². The first kappa shape index (κ1) is 19.3. The Bertz CT molecular complexity index is 1490. The number of rotatable bonds is 5. The van der Waals surface area contributed by atoms with Gasteiger partial charge in [-0.3, -0.25) is 4.79 Å². The third kappa shape index (κ3) is 3.53. The first-order chi connectivity index (χ1) is 16.2. The third-order valence-electron chi connectivity index (χ3n) is 5.70. The summed E-state index contributed by atoms with van der Waals surface area (Å²) in [6.45, 7) is 1.80. The molecule has 0 aliphatic heterocycles. The van der Waals surface area contributed by atoms with Crippen LogP contribution in [-0.4, -0.2) is 36.3 Å². The van der Waals surface area contributed by atoms with Crippen molar-refractivity contribution in [3.63, 3.8) is 0 Å². The van der Waals surface area contributed by atoms with E-state index in [4.69, 9.17) is 4.52 Å². The number of fused-ring (bicyclic) bond motifs is 1. The van der Waals surface area contributed by atoms with E-state index in [1.165, 1.54) is 0 Å². The minimum Gasteiger partial charge on any atom is -0.335 e. The van der Waals surface area contributed by atoms with E-state index >= 15 is 0 Å². The van der Waals surface area contributed by atoms with Crippen molar-refractivity contribution in [2.24, 2.45) is 0 Å². The van der Waals surface area contributed by atoms with Crippen LogP contribution in [0, 0.1) is 6.92 Å². The van der Waals surface area contributed by atoms with Crippen molar-refractivity contribution in [3.8, 4) is 22.6 Å². The van der Waals surface area contributed by atoms with Crippen LogP contribution >= 0.6 is 0 Å². The highest BCUT2D eigenvalue weighted by atomic mass is 16.5. The molecule has 33 heavy (non-hydrogen) atoms. The second kappa shape index (κ2) is 7.63. The van der Waals surface area contributed by atoms with Gasteiger partial charge in [-0.1, -0.05) is 47.6 Å². The summed E-state index contributed by atoms with van der Waals surface area (Å²) in [5.74, 6) is 0.422. The van der Waals surface area contributed by atoms with Crippen molar-refractivity contribution in [2.45, 2.75) is 25.8 Å². The summed E-state index contributed by atoms with van der Waals surface area (Å²) in [5.41, 5.74) is 4.40. The number of hydrogen-bond donors (Lipinski definition) is 1. The molecule has 0 bridgehead atoms. The molecule has 1 aliphatic rings. The van der Waals surface area contributed by atoms with Crippen molar-refractivity contribution >= 4 is 22.7 Å². The Morgan fingerprint density at radius 1 is 1.06 bits per heavy atom. The number of carbonyl (C=O) groups excluding carboxylic acids is 1. The van der Waals surface area contributed by atoms with Crippen molar-refractivity contribution in [2.75, 3.05) is 5.32 Å². The second-order valence-corrected chi connectivity index (χ2v) is 8.08. The molecule has 1 saturated carbocycles. The predicted octanol–water partition coefficient (Wildman–Crippen LogP) is 4.44. The van der Waals surface area contributed by atoms with Crippen LogP contribution in [0.3, 0.4) is 0 Å². The van der Waals surface area contributed by atoms with Gasteiger partial charge in [-0.2, -0.15) is 0 Å². The zero-order valence-corrected chi connectivity index (χ0v) is 17.8. The van der Waals surface area contributed by atoms with Crippen LogP contribution in [0.5, 0.6) is 0 Å². The Balaban J connectivity index is 1.37. The van der Waals surface area contributed by atoms with Crippen LogP contribution in [0.2, 0.25) is 0 Å². The Morgan fingerprint density at radius 2 is 1.88 bits per heavy atom. The molecule has 1 aliphatic carbocycles. The maximum absolute atomic E-state index is 13.4. The lowest BCUT2D eigenvalue weighted by molar-refractivity contribution is 0.102. The highest BCUT2D eigenvalue weighted by Crippen LogP contribution is 2.37. The Hall–Kier alpha value is -4.40. The molecule has 0 spiro atoms. The molecule has 9 heteroatoms. The normalized spacial score (nSPS) is 13.4. The average molecular weight is 437 g/mol. The Morgan fingerprint density at radius 3 is 2.70 bits per heavy atom. The lowest BCUT2D eigenvalue weighted by atomic mass is 10.0. The number of aromatic nitrogens is 6. The number of pyridine rings is 1. The van der Waals surface area contributed by atoms with Crippen molar-refractivity contribution in [1.82, 2.24) is 30.3 Å². The highest BCUT2D eigenvalue weighted by molar-refractivity contribution is 6.13. The SMILES string of the molecule is Cc1noc2nc(-c3ccccc3)cc(C(=O)Nc3cccc(-c4nnnn4C4CC4)c3)c12. The van der Waals surface area contributed by atoms with Gasteiger partial charge in [0.1, 0.15) is 0 Å². The fraction of sp³-hybridized carbons (Fsp3) is 0.167. The van der Waals surface area contributed by atoms with E-state index in [9.17, 15) is 4.79 Å². The largest absolute Gasteiger partial charge is 0.335 e. The quantitative estimate of drug-likeness (QED) is 0.433. The molecule has 0 saturated heterocycles. The van der Waals surface area contributed by atoms with E-state index < -0.39 is 0 Å². The number of benzene rings is 2. The summed E-state index contributed by atoms with van der Waals surface area (Å²) in [7, 11) is 0. The molecular formula is C24H19N7O2. The topological polar surface area (TPSA) is 112 Å². The molecule has 3 aromatic heterocycles. The molecule has 1 fully saturated rings. The number of nitrogens with one attached hydrogen (secondary N) is 1. The van der Waals surface area contributed by atoms with E-state index in [2.05, 4.69) is 31.0 Å². The van der Waals surface area contributed by atoms with Crippen LogP contribution in [0.4, 0.5) is 5.69 Å². The minimum atomic E-state index is -0.273. The van der Waals surface area contributed by atoms with E-state index in [0.717, 1.165) is 24.0 Å². The molecule has 0 radical (unpaired) electrons. The number of nitrogens with zero attached hydrogens (tertiary/aromatic N) is 6. The molecule has 1 N–H and O–H groups in total. The number of aryl methyl sites for hydroxylation is 1. The van der Waals surface area contributed by atoms with Crippen LogP contribution in [-0.2, 0) is 0 Å². The average Bonchev–Trinajstić information content (AvgIpc) is 3.45. The fourth-order valence-electron chi connectivity index (χ4n) is 3.91. The van der Waals surface area contributed by atoms with Gasteiger partial charge in [0, 0.05) is 16.8 Å². The second-order valence-electron chi connectivity index (χ2n) is 8.08. The Kier molecular flexibility index (Phi) is 4.46. The summed E-state index contributed by atoms with van der Waals surface area (Å²) in [6.07, 6.45) is 2.16. The summed E-state index contributed by atoms with van der Waals surface area (Å²) in [6, 6.07) is 19.3. The monoisotopic (exact) mass is 437 g/mol. The van der Waals surface area contributed by atoms with Crippen LogP contribution in [0.1, 0.15) is 34.9 Å². The number of tetrazole rings is 1. The molecule has 3 heterocycles. The summed E-state index contributed by atoms with van der Waals surface area (Å²) in [4.78, 5) is 18.0. The number of hydrogen-bond acceptors (Lipinski definition) is 7. The number of anilines is 1. The van der Waals surface area contributed by atoms with Crippen molar-refractivity contribution in [1.29, 1.82) is 0 Å². The first-order valence-electron chi connectivity index (χ1n) is 10.7. The number of carbonyl (C=O) groups is 1. The zero-order valence-electron chi connectivity index (χ0n) is 17.8. The molecule has 2 aromatic carbocycles. The van der Waals surface area contributed by atoms with Gasteiger partial charge in [0.25, 0.3) is 11.6 Å².